The van der Waals surface area contributed by atoms with Gasteiger partial charge in [0.2, 0.25) is 0 Å². The summed E-state index contributed by atoms with van der Waals surface area (Å²) in [6.07, 6.45) is 3.03. The highest BCUT2D eigenvalue weighted by molar-refractivity contribution is 7.10. The Bertz CT molecular complexity index is 416. The van der Waals surface area contributed by atoms with Gasteiger partial charge in [-0.25, -0.2) is 0 Å². The van der Waals surface area contributed by atoms with E-state index >= 15 is 0 Å². The van der Waals surface area contributed by atoms with Gasteiger partial charge in [-0.05, 0) is 42.7 Å². The molecule has 2 heteroatoms. The number of ketones is 1. The maximum absolute atomic E-state index is 12.3. The van der Waals surface area contributed by atoms with E-state index in [0.717, 1.165) is 12.8 Å². The average molecular weight is 250 g/mol. The van der Waals surface area contributed by atoms with Crippen LogP contribution in [0.15, 0.2) is 11.4 Å². The summed E-state index contributed by atoms with van der Waals surface area (Å²) < 4.78 is 0. The molecule has 0 bridgehead atoms. The highest BCUT2D eigenvalue weighted by atomic mass is 32.1. The Labute approximate surface area is 108 Å². The maximum Gasteiger partial charge on any atom is 0.137 e. The monoisotopic (exact) mass is 250 g/mol. The van der Waals surface area contributed by atoms with E-state index in [2.05, 4.69) is 39.1 Å². The second-order valence-electron chi connectivity index (χ2n) is 6.02. The smallest absolute Gasteiger partial charge is 0.137 e. The standard InChI is InChI=1S/C15H22OS/c1-10-5-6-13(14(16)9-10)15(3,4)12-7-8-17-11(12)2/h7-8,10,13H,5-6,9H2,1-4H3. The van der Waals surface area contributed by atoms with Gasteiger partial charge in [-0.2, -0.15) is 0 Å². The first kappa shape index (κ1) is 12.8. The average Bonchev–Trinajstić information content (AvgIpc) is 2.64. The summed E-state index contributed by atoms with van der Waals surface area (Å²) in [7, 11) is 0. The largest absolute Gasteiger partial charge is 0.299 e. The fourth-order valence-electron chi connectivity index (χ4n) is 3.20. The number of carbonyl (C=O) groups is 1. The van der Waals surface area contributed by atoms with Crippen LogP contribution in [0, 0.1) is 18.8 Å². The van der Waals surface area contributed by atoms with Crippen molar-refractivity contribution < 1.29 is 4.79 Å². The Kier molecular flexibility index (Phi) is 3.44. The van der Waals surface area contributed by atoms with Crippen LogP contribution in [-0.2, 0) is 10.2 Å². The van der Waals surface area contributed by atoms with Gasteiger partial charge >= 0.3 is 0 Å². The van der Waals surface area contributed by atoms with Crippen LogP contribution in [0.1, 0.15) is 50.5 Å². The summed E-state index contributed by atoms with van der Waals surface area (Å²) in [6, 6.07) is 2.20. The van der Waals surface area contributed by atoms with Gasteiger partial charge in [0.25, 0.3) is 0 Å². The first-order valence-corrected chi connectivity index (χ1v) is 7.38. The molecule has 2 unspecified atom stereocenters. The Morgan fingerprint density at radius 1 is 1.35 bits per heavy atom. The Morgan fingerprint density at radius 2 is 2.06 bits per heavy atom. The quantitative estimate of drug-likeness (QED) is 0.763. The Hall–Kier alpha value is -0.630. The number of aryl methyl sites for hydroxylation is 1. The van der Waals surface area contributed by atoms with E-state index in [1.807, 2.05) is 0 Å². The SMILES string of the molecule is Cc1sccc1C(C)(C)C1CCC(C)CC1=O. The van der Waals surface area contributed by atoms with Gasteiger partial charge in [0.05, 0.1) is 0 Å². The molecule has 1 aromatic rings. The molecule has 1 fully saturated rings. The van der Waals surface area contributed by atoms with Crippen molar-refractivity contribution in [3.63, 3.8) is 0 Å². The molecular weight excluding hydrogens is 228 g/mol. The lowest BCUT2D eigenvalue weighted by Gasteiger charge is -2.37. The minimum Gasteiger partial charge on any atom is -0.299 e. The summed E-state index contributed by atoms with van der Waals surface area (Å²) in [5, 5.41) is 2.14. The van der Waals surface area contributed by atoms with Gasteiger partial charge in [-0.1, -0.05) is 20.8 Å². The molecule has 2 atom stereocenters. The molecular formula is C15H22OS. The maximum atomic E-state index is 12.3. The zero-order chi connectivity index (χ0) is 12.6. The molecule has 1 aromatic heterocycles. The minimum atomic E-state index is 0.00130. The van der Waals surface area contributed by atoms with Gasteiger partial charge in [-0.15, -0.1) is 11.3 Å². The van der Waals surface area contributed by atoms with E-state index in [4.69, 9.17) is 0 Å². The third-order valence-corrected chi connectivity index (χ3v) is 5.16. The van der Waals surface area contributed by atoms with Crippen LogP contribution >= 0.6 is 11.3 Å². The van der Waals surface area contributed by atoms with Crippen LogP contribution in [-0.4, -0.2) is 5.78 Å². The number of hydrogen-bond donors (Lipinski definition) is 0. The molecule has 1 heterocycles. The van der Waals surface area contributed by atoms with Crippen molar-refractivity contribution in [2.45, 2.75) is 52.4 Å². The zero-order valence-corrected chi connectivity index (χ0v) is 12.1. The highest BCUT2D eigenvalue weighted by Crippen LogP contribution is 2.42. The number of rotatable bonds is 2. The highest BCUT2D eigenvalue weighted by Gasteiger charge is 2.39. The van der Waals surface area contributed by atoms with E-state index in [1.54, 1.807) is 11.3 Å². The van der Waals surface area contributed by atoms with E-state index < -0.39 is 0 Å². The Morgan fingerprint density at radius 3 is 2.59 bits per heavy atom. The molecule has 0 radical (unpaired) electrons. The molecule has 2 rings (SSSR count). The minimum absolute atomic E-state index is 0.00130. The molecule has 17 heavy (non-hydrogen) atoms. The number of thiophene rings is 1. The fourth-order valence-corrected chi connectivity index (χ4v) is 4.07. The molecule has 1 aliphatic rings. The van der Waals surface area contributed by atoms with E-state index in [0.29, 0.717) is 11.7 Å². The van der Waals surface area contributed by atoms with Gasteiger partial charge in [0, 0.05) is 22.6 Å². The van der Waals surface area contributed by atoms with Crippen molar-refractivity contribution in [1.82, 2.24) is 0 Å². The van der Waals surface area contributed by atoms with Gasteiger partial charge in [0.1, 0.15) is 5.78 Å². The fraction of sp³-hybridized carbons (Fsp3) is 0.667. The zero-order valence-electron chi connectivity index (χ0n) is 11.2. The number of carbonyl (C=O) groups excluding carboxylic acids is 1. The molecule has 1 aliphatic carbocycles. The van der Waals surface area contributed by atoms with Crippen molar-refractivity contribution in [3.05, 3.63) is 21.9 Å². The van der Waals surface area contributed by atoms with Crippen LogP contribution in [0.3, 0.4) is 0 Å². The lowest BCUT2D eigenvalue weighted by Crippen LogP contribution is -2.38. The molecule has 0 aliphatic heterocycles. The first-order chi connectivity index (χ1) is 7.93. The first-order valence-electron chi connectivity index (χ1n) is 6.50. The van der Waals surface area contributed by atoms with Crippen molar-refractivity contribution >= 4 is 17.1 Å². The third kappa shape index (κ3) is 2.33. The molecule has 0 aromatic carbocycles. The second kappa shape index (κ2) is 4.56. The number of Topliss-reactive ketones (excluding diaryl/α,β-unsaturated/α-hetero) is 1. The molecule has 0 N–H and O–H groups in total. The van der Waals surface area contributed by atoms with Gasteiger partial charge in [0.15, 0.2) is 0 Å². The van der Waals surface area contributed by atoms with Crippen LogP contribution < -0.4 is 0 Å². The second-order valence-corrected chi connectivity index (χ2v) is 7.14. The Balaban J connectivity index is 2.27. The van der Waals surface area contributed by atoms with Crippen LogP contribution in [0.4, 0.5) is 0 Å². The van der Waals surface area contributed by atoms with Crippen LogP contribution in [0.25, 0.3) is 0 Å². The molecule has 94 valence electrons. The van der Waals surface area contributed by atoms with Crippen molar-refractivity contribution in [2.75, 3.05) is 0 Å². The van der Waals surface area contributed by atoms with Crippen molar-refractivity contribution in [1.29, 1.82) is 0 Å². The van der Waals surface area contributed by atoms with E-state index in [1.165, 1.54) is 16.9 Å². The van der Waals surface area contributed by atoms with E-state index in [-0.39, 0.29) is 11.3 Å². The summed E-state index contributed by atoms with van der Waals surface area (Å²) in [5.74, 6) is 1.27. The lowest BCUT2D eigenvalue weighted by molar-refractivity contribution is -0.128. The summed E-state index contributed by atoms with van der Waals surface area (Å²) in [4.78, 5) is 13.6. The summed E-state index contributed by atoms with van der Waals surface area (Å²) >= 11 is 1.79. The van der Waals surface area contributed by atoms with Gasteiger partial charge < -0.3 is 0 Å². The molecule has 0 saturated heterocycles. The molecule has 0 amide bonds. The number of hydrogen-bond acceptors (Lipinski definition) is 2. The van der Waals surface area contributed by atoms with Crippen molar-refractivity contribution in [3.8, 4) is 0 Å². The summed E-state index contributed by atoms with van der Waals surface area (Å²) in [6.45, 7) is 8.83. The van der Waals surface area contributed by atoms with Crippen LogP contribution in [0.2, 0.25) is 0 Å². The van der Waals surface area contributed by atoms with Crippen molar-refractivity contribution in [2.24, 2.45) is 11.8 Å². The normalized spacial score (nSPS) is 26.2. The lowest BCUT2D eigenvalue weighted by atomic mass is 9.65. The molecule has 1 saturated carbocycles. The van der Waals surface area contributed by atoms with E-state index in [9.17, 15) is 4.79 Å². The predicted octanol–water partition coefficient (Wildman–Crippen LogP) is 4.34. The molecule has 1 nitrogen and oxygen atoms in total. The topological polar surface area (TPSA) is 17.1 Å². The van der Waals surface area contributed by atoms with Crippen LogP contribution in [0.5, 0.6) is 0 Å². The van der Waals surface area contributed by atoms with Gasteiger partial charge in [-0.3, -0.25) is 4.79 Å². The predicted molar refractivity (Wildman–Crippen MR) is 73.6 cm³/mol. The summed E-state index contributed by atoms with van der Waals surface area (Å²) in [5.41, 5.74) is 1.37. The molecule has 0 spiro atoms. The third-order valence-electron chi connectivity index (χ3n) is 4.31.